The lowest BCUT2D eigenvalue weighted by atomic mass is 10.1. The summed E-state index contributed by atoms with van der Waals surface area (Å²) in [7, 11) is -3.62. The van der Waals surface area contributed by atoms with E-state index in [-0.39, 0.29) is 17.1 Å². The molecule has 8 heteroatoms. The third-order valence-electron chi connectivity index (χ3n) is 4.36. The number of sulfone groups is 1. The van der Waals surface area contributed by atoms with Gasteiger partial charge in [-0.25, -0.2) is 12.8 Å². The molecule has 2 aromatic carbocycles. The molecule has 0 bridgehead atoms. The van der Waals surface area contributed by atoms with Gasteiger partial charge < -0.3 is 10.1 Å². The molecule has 0 heterocycles. The van der Waals surface area contributed by atoms with Crippen molar-refractivity contribution in [2.45, 2.75) is 44.2 Å². The van der Waals surface area contributed by atoms with Gasteiger partial charge >= 0.3 is 5.97 Å². The van der Waals surface area contributed by atoms with Gasteiger partial charge in [0.1, 0.15) is 5.82 Å². The lowest BCUT2D eigenvalue weighted by Gasteiger charge is -2.18. The van der Waals surface area contributed by atoms with Gasteiger partial charge in [-0.05, 0) is 50.6 Å². The number of aryl methyl sites for hydroxylation is 1. The van der Waals surface area contributed by atoms with Crippen molar-refractivity contribution >= 4 is 21.7 Å². The molecule has 0 aliphatic heterocycles. The summed E-state index contributed by atoms with van der Waals surface area (Å²) >= 11 is 0. The van der Waals surface area contributed by atoms with Crippen molar-refractivity contribution < 1.29 is 27.1 Å². The molecule has 29 heavy (non-hydrogen) atoms. The first-order valence-corrected chi connectivity index (χ1v) is 10.8. The van der Waals surface area contributed by atoms with Crippen molar-refractivity contribution in [3.63, 3.8) is 0 Å². The van der Waals surface area contributed by atoms with Crippen molar-refractivity contribution in [3.05, 3.63) is 65.5 Å². The number of benzene rings is 2. The van der Waals surface area contributed by atoms with Gasteiger partial charge in [-0.3, -0.25) is 9.59 Å². The molecule has 0 unspecified atom stereocenters. The van der Waals surface area contributed by atoms with Crippen LogP contribution in [0.25, 0.3) is 0 Å². The molecule has 0 aliphatic carbocycles. The van der Waals surface area contributed by atoms with Gasteiger partial charge in [-0.1, -0.05) is 29.8 Å². The summed E-state index contributed by atoms with van der Waals surface area (Å²) in [6.07, 6.45) is -1.45. The summed E-state index contributed by atoms with van der Waals surface area (Å²) in [5.74, 6) is -2.10. The minimum absolute atomic E-state index is 0.134. The third-order valence-corrected chi connectivity index (χ3v) is 6.09. The van der Waals surface area contributed by atoms with E-state index in [0.717, 1.165) is 5.56 Å². The molecule has 0 saturated heterocycles. The smallest absolute Gasteiger partial charge is 0.307 e. The average molecular weight is 421 g/mol. The van der Waals surface area contributed by atoms with Crippen LogP contribution in [0.2, 0.25) is 0 Å². The van der Waals surface area contributed by atoms with E-state index in [0.29, 0.717) is 5.56 Å². The van der Waals surface area contributed by atoms with Crippen LogP contribution in [-0.2, 0) is 24.2 Å². The van der Waals surface area contributed by atoms with Crippen molar-refractivity contribution in [1.29, 1.82) is 0 Å². The summed E-state index contributed by atoms with van der Waals surface area (Å²) in [4.78, 5) is 24.3. The van der Waals surface area contributed by atoms with Gasteiger partial charge in [-0.15, -0.1) is 0 Å². The van der Waals surface area contributed by atoms with Gasteiger partial charge in [0.05, 0.1) is 23.1 Å². The Kier molecular flexibility index (Phi) is 7.50. The number of hydrogen-bond donors (Lipinski definition) is 1. The van der Waals surface area contributed by atoms with E-state index >= 15 is 0 Å². The SMILES string of the molecule is Cc1ccc(S(=O)(=O)CCC(=O)O[C@H](C)C(=O)N[C@H](C)c2ccc(F)cc2)cc1. The molecular formula is C21H24FNO5S. The molecule has 1 amide bonds. The van der Waals surface area contributed by atoms with E-state index in [1.807, 2.05) is 6.92 Å². The Hall–Kier alpha value is -2.74. The van der Waals surface area contributed by atoms with E-state index in [4.69, 9.17) is 4.74 Å². The summed E-state index contributed by atoms with van der Waals surface area (Å²) in [6, 6.07) is 11.6. The highest BCUT2D eigenvalue weighted by Gasteiger charge is 2.22. The van der Waals surface area contributed by atoms with Gasteiger partial charge in [-0.2, -0.15) is 0 Å². The van der Waals surface area contributed by atoms with Gasteiger partial charge in [0, 0.05) is 0 Å². The molecule has 1 N–H and O–H groups in total. The minimum Gasteiger partial charge on any atom is -0.453 e. The molecule has 0 aromatic heterocycles. The third kappa shape index (κ3) is 6.67. The van der Waals surface area contributed by atoms with E-state index < -0.39 is 39.6 Å². The molecule has 156 valence electrons. The zero-order valence-corrected chi connectivity index (χ0v) is 17.3. The first-order valence-electron chi connectivity index (χ1n) is 9.13. The van der Waals surface area contributed by atoms with Crippen LogP contribution in [0.4, 0.5) is 4.39 Å². The van der Waals surface area contributed by atoms with E-state index in [1.54, 1.807) is 31.2 Å². The Morgan fingerprint density at radius 3 is 2.21 bits per heavy atom. The van der Waals surface area contributed by atoms with Crippen LogP contribution in [0.3, 0.4) is 0 Å². The molecule has 0 radical (unpaired) electrons. The zero-order valence-electron chi connectivity index (χ0n) is 16.5. The van der Waals surface area contributed by atoms with Crippen molar-refractivity contribution in [2.75, 3.05) is 5.75 Å². The van der Waals surface area contributed by atoms with Crippen LogP contribution in [0.1, 0.15) is 37.4 Å². The van der Waals surface area contributed by atoms with E-state index in [2.05, 4.69) is 5.32 Å². The number of hydrogen-bond acceptors (Lipinski definition) is 5. The maximum atomic E-state index is 13.0. The number of ether oxygens (including phenoxy) is 1. The monoisotopic (exact) mass is 421 g/mol. The van der Waals surface area contributed by atoms with Gasteiger partial charge in [0.15, 0.2) is 15.9 Å². The second-order valence-corrected chi connectivity index (χ2v) is 8.90. The maximum Gasteiger partial charge on any atom is 0.307 e. The number of carbonyl (C=O) groups is 2. The molecular weight excluding hydrogens is 397 g/mol. The highest BCUT2D eigenvalue weighted by atomic mass is 32.2. The lowest BCUT2D eigenvalue weighted by Crippen LogP contribution is -2.37. The number of rotatable bonds is 8. The summed E-state index contributed by atoms with van der Waals surface area (Å²) in [6.45, 7) is 4.96. The second kappa shape index (κ2) is 9.65. The summed E-state index contributed by atoms with van der Waals surface area (Å²) < 4.78 is 42.6. The number of carbonyl (C=O) groups excluding carboxylic acids is 2. The molecule has 2 atom stereocenters. The van der Waals surface area contributed by atoms with E-state index in [1.165, 1.54) is 31.2 Å². The number of amides is 1. The predicted octanol–water partition coefficient (Wildman–Crippen LogP) is 3.11. The first kappa shape index (κ1) is 22.5. The lowest BCUT2D eigenvalue weighted by molar-refractivity contribution is -0.154. The van der Waals surface area contributed by atoms with Crippen molar-refractivity contribution in [2.24, 2.45) is 0 Å². The van der Waals surface area contributed by atoms with Crippen molar-refractivity contribution in [3.8, 4) is 0 Å². The molecule has 0 saturated carbocycles. The van der Waals surface area contributed by atoms with Crippen LogP contribution in [0, 0.1) is 12.7 Å². The molecule has 0 aliphatic rings. The Morgan fingerprint density at radius 2 is 1.62 bits per heavy atom. The Bertz CT molecular complexity index is 956. The first-order chi connectivity index (χ1) is 13.6. The Morgan fingerprint density at radius 1 is 1.03 bits per heavy atom. The van der Waals surface area contributed by atoms with Crippen LogP contribution in [0.15, 0.2) is 53.4 Å². The Balaban J connectivity index is 1.85. The Labute approximate surface area is 170 Å². The number of halogens is 1. The summed E-state index contributed by atoms with van der Waals surface area (Å²) in [5.41, 5.74) is 1.63. The quantitative estimate of drug-likeness (QED) is 0.662. The van der Waals surface area contributed by atoms with Crippen LogP contribution >= 0.6 is 0 Å². The topological polar surface area (TPSA) is 89.5 Å². The fraction of sp³-hybridized carbons (Fsp3) is 0.333. The number of nitrogens with one attached hydrogen (secondary N) is 1. The highest BCUT2D eigenvalue weighted by Crippen LogP contribution is 2.15. The fourth-order valence-corrected chi connectivity index (χ4v) is 3.78. The molecule has 2 rings (SSSR count). The van der Waals surface area contributed by atoms with Gasteiger partial charge in [0.2, 0.25) is 0 Å². The van der Waals surface area contributed by atoms with Crippen LogP contribution in [-0.4, -0.2) is 32.2 Å². The van der Waals surface area contributed by atoms with Crippen LogP contribution in [0.5, 0.6) is 0 Å². The zero-order chi connectivity index (χ0) is 21.6. The molecule has 2 aromatic rings. The molecule has 6 nitrogen and oxygen atoms in total. The predicted molar refractivity (Wildman–Crippen MR) is 106 cm³/mol. The summed E-state index contributed by atoms with van der Waals surface area (Å²) in [5, 5.41) is 2.67. The van der Waals surface area contributed by atoms with E-state index in [9.17, 15) is 22.4 Å². The van der Waals surface area contributed by atoms with Gasteiger partial charge in [0.25, 0.3) is 5.91 Å². The molecule has 0 spiro atoms. The van der Waals surface area contributed by atoms with Crippen molar-refractivity contribution in [1.82, 2.24) is 5.32 Å². The van der Waals surface area contributed by atoms with Crippen LogP contribution < -0.4 is 5.32 Å². The average Bonchev–Trinajstić information content (AvgIpc) is 2.67. The molecule has 0 fully saturated rings. The highest BCUT2D eigenvalue weighted by molar-refractivity contribution is 7.91. The normalized spacial score (nSPS) is 13.4. The second-order valence-electron chi connectivity index (χ2n) is 6.80. The fourth-order valence-electron chi connectivity index (χ4n) is 2.56. The maximum absolute atomic E-state index is 13.0. The standard InChI is InChI=1S/C21H24FNO5S/c1-14-4-10-19(11-5-14)29(26,27)13-12-20(24)28-16(3)21(25)23-15(2)17-6-8-18(22)9-7-17/h4-11,15-16H,12-13H2,1-3H3,(H,23,25)/t15-,16-/m1/s1. The minimum atomic E-state index is -3.62. The number of esters is 1. The largest absolute Gasteiger partial charge is 0.453 e.